The van der Waals surface area contributed by atoms with E-state index in [-0.39, 0.29) is 28.4 Å². The van der Waals surface area contributed by atoms with Crippen molar-refractivity contribution < 1.29 is 18.7 Å². The number of carbonyl (C=O) groups is 1. The second-order valence-corrected chi connectivity index (χ2v) is 6.73. The molecule has 0 atom stereocenters. The first-order valence-electron chi connectivity index (χ1n) is 9.11. The van der Waals surface area contributed by atoms with Gasteiger partial charge in [0.2, 0.25) is 0 Å². The number of carbonyl (C=O) groups excluding carboxylic acids is 1. The van der Waals surface area contributed by atoms with E-state index in [2.05, 4.69) is 17.0 Å². The zero-order chi connectivity index (χ0) is 20.8. The number of hydrogen-bond donors (Lipinski definition) is 1. The Morgan fingerprint density at radius 2 is 2.03 bits per heavy atom. The number of rotatable bonds is 8. The van der Waals surface area contributed by atoms with Gasteiger partial charge in [0.25, 0.3) is 5.88 Å². The van der Waals surface area contributed by atoms with Crippen LogP contribution >= 0.6 is 11.6 Å². The molecule has 3 rings (SSSR count). The Balaban J connectivity index is 1.67. The predicted octanol–water partition coefficient (Wildman–Crippen LogP) is 4.92. The third kappa shape index (κ3) is 5.45. The Kier molecular flexibility index (Phi) is 6.66. The predicted molar refractivity (Wildman–Crippen MR) is 107 cm³/mol. The molecule has 29 heavy (non-hydrogen) atoms. The smallest absolute Gasteiger partial charge is 0.311 e. The minimum absolute atomic E-state index is 0.113. The van der Waals surface area contributed by atoms with Crippen LogP contribution in [0.15, 0.2) is 42.7 Å². The summed E-state index contributed by atoms with van der Waals surface area (Å²) in [5.41, 5.74) is 6.50. The SMILES string of the molecule is CCCCCC(=O)Oc1cn(-c2ccc(Oc3ncc(Cl)cc3F)cc2)nc1N. The highest BCUT2D eigenvalue weighted by Crippen LogP contribution is 2.26. The molecule has 7 nitrogen and oxygen atoms in total. The van der Waals surface area contributed by atoms with Crippen molar-refractivity contribution in [3.63, 3.8) is 0 Å². The van der Waals surface area contributed by atoms with E-state index in [1.807, 2.05) is 0 Å². The van der Waals surface area contributed by atoms with Gasteiger partial charge in [-0.1, -0.05) is 31.4 Å². The summed E-state index contributed by atoms with van der Waals surface area (Å²) < 4.78 is 26.0. The minimum atomic E-state index is -0.660. The normalized spacial score (nSPS) is 10.7. The van der Waals surface area contributed by atoms with Gasteiger partial charge in [-0.25, -0.2) is 14.1 Å². The lowest BCUT2D eigenvalue weighted by Gasteiger charge is -2.07. The molecule has 0 aliphatic heterocycles. The minimum Gasteiger partial charge on any atom is -0.436 e. The van der Waals surface area contributed by atoms with Crippen molar-refractivity contribution in [3.8, 4) is 23.1 Å². The number of esters is 1. The maximum atomic E-state index is 13.8. The zero-order valence-corrected chi connectivity index (χ0v) is 16.5. The Labute approximate surface area is 172 Å². The summed E-state index contributed by atoms with van der Waals surface area (Å²) in [6.07, 6.45) is 5.92. The van der Waals surface area contributed by atoms with Gasteiger partial charge in [0.05, 0.1) is 16.9 Å². The molecule has 0 amide bonds. The quantitative estimate of drug-likeness (QED) is 0.412. The molecule has 2 aromatic heterocycles. The van der Waals surface area contributed by atoms with Crippen LogP contribution in [-0.2, 0) is 4.79 Å². The van der Waals surface area contributed by atoms with Crippen molar-refractivity contribution >= 4 is 23.4 Å². The first kappa shape index (κ1) is 20.6. The monoisotopic (exact) mass is 418 g/mol. The summed E-state index contributed by atoms with van der Waals surface area (Å²) in [5.74, 6) is -0.480. The molecule has 0 spiro atoms. The standard InChI is InChI=1S/C20H20ClFN4O3/c1-2-3-4-5-18(27)29-17-12-26(25-19(17)23)14-6-8-15(9-7-14)28-20-16(22)10-13(21)11-24-20/h6-12H,2-5H2,1H3,(H2,23,25). The Hall–Kier alpha value is -3.13. The molecule has 0 unspecified atom stereocenters. The first-order valence-corrected chi connectivity index (χ1v) is 9.49. The van der Waals surface area contributed by atoms with Gasteiger partial charge < -0.3 is 15.2 Å². The van der Waals surface area contributed by atoms with E-state index < -0.39 is 5.82 Å². The van der Waals surface area contributed by atoms with Crippen LogP contribution in [0.1, 0.15) is 32.6 Å². The average Bonchev–Trinajstić information content (AvgIpc) is 3.05. The molecule has 2 heterocycles. The zero-order valence-electron chi connectivity index (χ0n) is 15.8. The fourth-order valence-electron chi connectivity index (χ4n) is 2.53. The van der Waals surface area contributed by atoms with E-state index in [1.54, 1.807) is 24.3 Å². The summed E-state index contributed by atoms with van der Waals surface area (Å²) in [4.78, 5) is 15.7. The molecule has 152 valence electrons. The van der Waals surface area contributed by atoms with Crippen LogP contribution in [0.5, 0.6) is 17.4 Å². The van der Waals surface area contributed by atoms with Crippen molar-refractivity contribution in [1.29, 1.82) is 0 Å². The van der Waals surface area contributed by atoms with Gasteiger partial charge in [0.1, 0.15) is 5.75 Å². The van der Waals surface area contributed by atoms with E-state index in [1.165, 1.54) is 17.1 Å². The molecule has 0 fully saturated rings. The molecule has 0 aliphatic rings. The molecule has 0 radical (unpaired) electrons. The van der Waals surface area contributed by atoms with E-state index in [0.717, 1.165) is 25.3 Å². The maximum absolute atomic E-state index is 13.8. The van der Waals surface area contributed by atoms with Crippen LogP contribution in [0.4, 0.5) is 10.2 Å². The highest BCUT2D eigenvalue weighted by molar-refractivity contribution is 6.30. The number of ether oxygens (including phenoxy) is 2. The number of halogens is 2. The highest BCUT2D eigenvalue weighted by atomic mass is 35.5. The molecule has 9 heteroatoms. The number of hydrogen-bond acceptors (Lipinski definition) is 6. The van der Waals surface area contributed by atoms with E-state index >= 15 is 0 Å². The Morgan fingerprint density at radius 1 is 1.28 bits per heavy atom. The van der Waals surface area contributed by atoms with Gasteiger partial charge >= 0.3 is 5.97 Å². The van der Waals surface area contributed by atoms with Gasteiger partial charge in [-0.2, -0.15) is 0 Å². The second-order valence-electron chi connectivity index (χ2n) is 6.29. The lowest BCUT2D eigenvalue weighted by Crippen LogP contribution is -2.08. The van der Waals surface area contributed by atoms with Crippen LogP contribution < -0.4 is 15.2 Å². The topological polar surface area (TPSA) is 92.3 Å². The summed E-state index contributed by atoms with van der Waals surface area (Å²) in [6.45, 7) is 2.06. The summed E-state index contributed by atoms with van der Waals surface area (Å²) in [6, 6.07) is 7.76. The summed E-state index contributed by atoms with van der Waals surface area (Å²) >= 11 is 5.68. The number of aromatic nitrogens is 3. The van der Waals surface area contributed by atoms with Crippen LogP contribution in [0.3, 0.4) is 0 Å². The number of benzene rings is 1. The fourth-order valence-corrected chi connectivity index (χ4v) is 2.68. The number of pyridine rings is 1. The molecule has 0 bridgehead atoms. The molecule has 2 N–H and O–H groups in total. The molecule has 3 aromatic rings. The van der Waals surface area contributed by atoms with Crippen LogP contribution in [0.25, 0.3) is 5.69 Å². The molecule has 0 saturated carbocycles. The highest BCUT2D eigenvalue weighted by Gasteiger charge is 2.13. The average molecular weight is 419 g/mol. The summed E-state index contributed by atoms with van der Waals surface area (Å²) in [5, 5.41) is 4.34. The van der Waals surface area contributed by atoms with Gasteiger partial charge in [-0.3, -0.25) is 4.79 Å². The van der Waals surface area contributed by atoms with Crippen molar-refractivity contribution in [2.24, 2.45) is 0 Å². The third-order valence-corrected chi connectivity index (χ3v) is 4.21. The number of unbranched alkanes of at least 4 members (excludes halogenated alkanes) is 2. The fraction of sp³-hybridized carbons (Fsp3) is 0.250. The van der Waals surface area contributed by atoms with E-state index in [4.69, 9.17) is 26.8 Å². The molecule has 1 aromatic carbocycles. The van der Waals surface area contributed by atoms with Crippen molar-refractivity contribution in [3.05, 3.63) is 53.6 Å². The van der Waals surface area contributed by atoms with Gasteiger partial charge in [0.15, 0.2) is 17.4 Å². The van der Waals surface area contributed by atoms with Crippen molar-refractivity contribution in [1.82, 2.24) is 14.8 Å². The number of nitrogens with two attached hydrogens (primary N) is 1. The van der Waals surface area contributed by atoms with E-state index in [9.17, 15) is 9.18 Å². The summed E-state index contributed by atoms with van der Waals surface area (Å²) in [7, 11) is 0. The Morgan fingerprint density at radius 3 is 2.72 bits per heavy atom. The van der Waals surface area contributed by atoms with Gasteiger partial charge in [0, 0.05) is 12.6 Å². The molecule has 0 saturated heterocycles. The second kappa shape index (κ2) is 9.38. The number of anilines is 1. The lowest BCUT2D eigenvalue weighted by atomic mass is 10.2. The van der Waals surface area contributed by atoms with Crippen molar-refractivity contribution in [2.75, 3.05) is 5.73 Å². The third-order valence-electron chi connectivity index (χ3n) is 4.01. The largest absolute Gasteiger partial charge is 0.436 e. The molecular weight excluding hydrogens is 399 g/mol. The van der Waals surface area contributed by atoms with Crippen LogP contribution in [0, 0.1) is 5.82 Å². The number of nitrogens with zero attached hydrogens (tertiary/aromatic N) is 3. The lowest BCUT2D eigenvalue weighted by molar-refractivity contribution is -0.134. The molecule has 0 aliphatic carbocycles. The maximum Gasteiger partial charge on any atom is 0.311 e. The van der Waals surface area contributed by atoms with Gasteiger partial charge in [-0.15, -0.1) is 5.10 Å². The van der Waals surface area contributed by atoms with Crippen LogP contribution in [0.2, 0.25) is 5.02 Å². The van der Waals surface area contributed by atoms with E-state index in [0.29, 0.717) is 17.9 Å². The number of nitrogen functional groups attached to an aromatic ring is 1. The van der Waals surface area contributed by atoms with Gasteiger partial charge in [-0.05, 0) is 36.8 Å². The Bertz CT molecular complexity index is 992. The first-order chi connectivity index (χ1) is 14.0. The van der Waals surface area contributed by atoms with Crippen molar-refractivity contribution in [2.45, 2.75) is 32.6 Å². The molecular formula is C20H20ClFN4O3. The van der Waals surface area contributed by atoms with Crippen LogP contribution in [-0.4, -0.2) is 20.7 Å².